The van der Waals surface area contributed by atoms with E-state index in [1.165, 1.54) is 12.1 Å². The first-order valence-corrected chi connectivity index (χ1v) is 12.5. The third-order valence-corrected chi connectivity index (χ3v) is 8.25. The van der Waals surface area contributed by atoms with Crippen LogP contribution in [0.3, 0.4) is 0 Å². The quantitative estimate of drug-likeness (QED) is 0.594. The summed E-state index contributed by atoms with van der Waals surface area (Å²) in [5.41, 5.74) is 1.26. The number of amides is 1. The van der Waals surface area contributed by atoms with Crippen molar-refractivity contribution in [3.8, 4) is 0 Å². The molecule has 2 unspecified atom stereocenters. The van der Waals surface area contributed by atoms with Gasteiger partial charge in [-0.25, -0.2) is 13.4 Å². The molecule has 0 aliphatic carbocycles. The lowest BCUT2D eigenvalue weighted by Crippen LogP contribution is -2.45. The minimum Gasteiger partial charge on any atom is -0.334 e. The van der Waals surface area contributed by atoms with Crippen LogP contribution in [0.2, 0.25) is 10.0 Å². The molecule has 8 heteroatoms. The number of nitrogens with zero attached hydrogens (tertiary/aromatic N) is 2. The molecule has 1 saturated heterocycles. The highest BCUT2D eigenvalue weighted by Crippen LogP contribution is 2.30. The van der Waals surface area contributed by atoms with Crippen LogP contribution in [0.25, 0.3) is 0 Å². The smallest absolute Gasteiger partial charge is 0.272 e. The van der Waals surface area contributed by atoms with Crippen molar-refractivity contribution in [2.75, 3.05) is 6.54 Å². The van der Waals surface area contributed by atoms with Gasteiger partial charge in [-0.05, 0) is 62.4 Å². The molecule has 162 valence electrons. The van der Waals surface area contributed by atoms with Crippen molar-refractivity contribution in [3.05, 3.63) is 57.3 Å². The number of likely N-dealkylation sites (tertiary alicyclic amines) is 1. The number of sulfone groups is 1. The zero-order chi connectivity index (χ0) is 22.1. The lowest BCUT2D eigenvalue weighted by molar-refractivity contribution is 0.0550. The Balaban J connectivity index is 1.85. The molecule has 1 amide bonds. The van der Waals surface area contributed by atoms with Gasteiger partial charge in [0.15, 0.2) is 9.84 Å². The highest BCUT2D eigenvalue weighted by atomic mass is 35.5. The summed E-state index contributed by atoms with van der Waals surface area (Å²) < 4.78 is 25.8. The largest absolute Gasteiger partial charge is 0.334 e. The van der Waals surface area contributed by atoms with Crippen molar-refractivity contribution in [3.63, 3.8) is 0 Å². The average Bonchev–Trinajstić information content (AvgIpc) is 2.70. The minimum atomic E-state index is -3.78. The van der Waals surface area contributed by atoms with E-state index in [0.717, 1.165) is 19.3 Å². The molecular weight excluding hydrogens is 443 g/mol. The summed E-state index contributed by atoms with van der Waals surface area (Å²) in [6.45, 7) is 6.64. The van der Waals surface area contributed by atoms with Gasteiger partial charge in [0, 0.05) is 17.6 Å². The lowest BCUT2D eigenvalue weighted by Gasteiger charge is -2.37. The Morgan fingerprint density at radius 2 is 1.93 bits per heavy atom. The van der Waals surface area contributed by atoms with E-state index in [0.29, 0.717) is 28.7 Å². The number of pyridine rings is 1. The lowest BCUT2D eigenvalue weighted by atomic mass is 9.91. The van der Waals surface area contributed by atoms with Crippen molar-refractivity contribution in [2.45, 2.75) is 56.7 Å². The molecule has 0 spiro atoms. The van der Waals surface area contributed by atoms with Gasteiger partial charge in [0.05, 0.1) is 21.4 Å². The summed E-state index contributed by atoms with van der Waals surface area (Å²) in [4.78, 5) is 19.3. The van der Waals surface area contributed by atoms with Crippen LogP contribution in [-0.2, 0) is 15.6 Å². The normalized spacial score (nSPS) is 19.7. The first kappa shape index (κ1) is 23.0. The SMILES string of the molecule is CCC1CCC(C)N(C(=O)c2cccc(CS(=O)(=O)c3cc(Cl)c(C)cc3Cl)n2)C1. The number of hydrogen-bond acceptors (Lipinski definition) is 4. The Morgan fingerprint density at radius 3 is 2.63 bits per heavy atom. The van der Waals surface area contributed by atoms with Crippen LogP contribution >= 0.6 is 23.2 Å². The number of benzene rings is 1. The van der Waals surface area contributed by atoms with Gasteiger partial charge in [0.2, 0.25) is 0 Å². The van der Waals surface area contributed by atoms with Crippen LogP contribution in [-0.4, -0.2) is 36.8 Å². The van der Waals surface area contributed by atoms with E-state index in [4.69, 9.17) is 23.2 Å². The Hall–Kier alpha value is -1.63. The van der Waals surface area contributed by atoms with Crippen molar-refractivity contribution in [1.29, 1.82) is 0 Å². The molecular formula is C22H26Cl2N2O3S. The molecule has 1 aromatic heterocycles. The molecule has 1 aliphatic heterocycles. The van der Waals surface area contributed by atoms with Crippen molar-refractivity contribution in [1.82, 2.24) is 9.88 Å². The van der Waals surface area contributed by atoms with Crippen molar-refractivity contribution >= 4 is 38.9 Å². The molecule has 1 aliphatic rings. The van der Waals surface area contributed by atoms with Crippen LogP contribution in [0.15, 0.2) is 35.2 Å². The molecule has 5 nitrogen and oxygen atoms in total. The van der Waals surface area contributed by atoms with Crippen LogP contribution in [0.5, 0.6) is 0 Å². The maximum Gasteiger partial charge on any atom is 0.272 e. The second kappa shape index (κ2) is 9.25. The molecule has 30 heavy (non-hydrogen) atoms. The Kier molecular flexibility index (Phi) is 7.10. The van der Waals surface area contributed by atoms with Gasteiger partial charge in [0.1, 0.15) is 5.69 Å². The topological polar surface area (TPSA) is 67.3 Å². The minimum absolute atomic E-state index is 0.0336. The fourth-order valence-corrected chi connectivity index (χ4v) is 5.92. The van der Waals surface area contributed by atoms with E-state index in [-0.39, 0.29) is 33.3 Å². The Morgan fingerprint density at radius 1 is 1.20 bits per heavy atom. The van der Waals surface area contributed by atoms with Crippen molar-refractivity contribution in [2.24, 2.45) is 5.92 Å². The van der Waals surface area contributed by atoms with Gasteiger partial charge in [-0.3, -0.25) is 4.79 Å². The molecule has 1 aromatic carbocycles. The summed E-state index contributed by atoms with van der Waals surface area (Å²) in [7, 11) is -3.78. The number of rotatable bonds is 5. The van der Waals surface area contributed by atoms with E-state index < -0.39 is 9.84 Å². The third kappa shape index (κ3) is 4.98. The Labute approximate surface area is 188 Å². The number of carbonyl (C=O) groups is 1. The third-order valence-electron chi connectivity index (χ3n) is 5.73. The number of aromatic nitrogens is 1. The summed E-state index contributed by atoms with van der Waals surface area (Å²) >= 11 is 12.3. The predicted octanol–water partition coefficient (Wildman–Crippen LogP) is 5.32. The van der Waals surface area contributed by atoms with E-state index in [1.54, 1.807) is 25.1 Å². The highest BCUT2D eigenvalue weighted by Gasteiger charge is 2.30. The summed E-state index contributed by atoms with van der Waals surface area (Å²) in [5, 5.41) is 0.455. The molecule has 2 heterocycles. The molecule has 2 aromatic rings. The average molecular weight is 469 g/mol. The van der Waals surface area contributed by atoms with Crippen LogP contribution in [0.1, 0.15) is 54.9 Å². The van der Waals surface area contributed by atoms with E-state index in [1.807, 2.05) is 11.8 Å². The monoisotopic (exact) mass is 468 g/mol. The van der Waals surface area contributed by atoms with Gasteiger partial charge >= 0.3 is 0 Å². The van der Waals surface area contributed by atoms with Gasteiger partial charge in [-0.2, -0.15) is 0 Å². The summed E-state index contributed by atoms with van der Waals surface area (Å²) in [6.07, 6.45) is 3.11. The Bertz CT molecular complexity index is 1060. The summed E-state index contributed by atoms with van der Waals surface area (Å²) in [6, 6.07) is 7.95. The maximum atomic E-state index is 13.1. The van der Waals surface area contributed by atoms with Gasteiger partial charge in [-0.1, -0.05) is 42.6 Å². The highest BCUT2D eigenvalue weighted by molar-refractivity contribution is 7.90. The fourth-order valence-electron chi connectivity index (χ4n) is 3.76. The molecule has 0 saturated carbocycles. The zero-order valence-electron chi connectivity index (χ0n) is 17.4. The number of halogens is 2. The number of hydrogen-bond donors (Lipinski definition) is 0. The molecule has 0 bridgehead atoms. The van der Waals surface area contributed by atoms with Crippen LogP contribution < -0.4 is 0 Å². The van der Waals surface area contributed by atoms with Crippen LogP contribution in [0, 0.1) is 12.8 Å². The van der Waals surface area contributed by atoms with Gasteiger partial charge in [-0.15, -0.1) is 0 Å². The van der Waals surface area contributed by atoms with E-state index in [9.17, 15) is 13.2 Å². The second-order valence-electron chi connectivity index (χ2n) is 7.96. The first-order valence-electron chi connectivity index (χ1n) is 10.1. The summed E-state index contributed by atoms with van der Waals surface area (Å²) in [5.74, 6) is -0.0288. The predicted molar refractivity (Wildman–Crippen MR) is 120 cm³/mol. The van der Waals surface area contributed by atoms with Gasteiger partial charge < -0.3 is 4.90 Å². The molecule has 3 rings (SSSR count). The standard InChI is InChI=1S/C22H26Cl2N2O3S/c1-4-16-9-8-15(3)26(12-16)22(27)20-7-5-6-17(25-20)13-30(28,29)21-11-18(23)14(2)10-19(21)24/h5-7,10-11,15-16H,4,8-9,12-13H2,1-3H3. The molecule has 0 N–H and O–H groups in total. The number of piperidine rings is 1. The van der Waals surface area contributed by atoms with Crippen LogP contribution in [0.4, 0.5) is 0 Å². The molecule has 1 fully saturated rings. The zero-order valence-corrected chi connectivity index (χ0v) is 19.7. The van der Waals surface area contributed by atoms with Gasteiger partial charge in [0.25, 0.3) is 5.91 Å². The molecule has 0 radical (unpaired) electrons. The fraction of sp³-hybridized carbons (Fsp3) is 0.455. The van der Waals surface area contributed by atoms with E-state index in [2.05, 4.69) is 11.9 Å². The molecule has 2 atom stereocenters. The second-order valence-corrected chi connectivity index (χ2v) is 10.7. The number of carbonyl (C=O) groups excluding carboxylic acids is 1. The van der Waals surface area contributed by atoms with Crippen molar-refractivity contribution < 1.29 is 13.2 Å². The first-order chi connectivity index (χ1) is 14.1. The maximum absolute atomic E-state index is 13.1. The van der Waals surface area contributed by atoms with E-state index >= 15 is 0 Å². The number of aryl methyl sites for hydroxylation is 1.